The van der Waals surface area contributed by atoms with Gasteiger partial charge in [0.25, 0.3) is 5.91 Å². The van der Waals surface area contributed by atoms with Gasteiger partial charge in [-0.25, -0.2) is 27.7 Å². The molecule has 0 aliphatic carbocycles. The van der Waals surface area contributed by atoms with E-state index in [0.29, 0.717) is 47.0 Å². The molecule has 10 nitrogen and oxygen atoms in total. The molecule has 12 heteroatoms. The van der Waals surface area contributed by atoms with Crippen molar-refractivity contribution in [3.05, 3.63) is 23.0 Å². The summed E-state index contributed by atoms with van der Waals surface area (Å²) in [6.45, 7) is 2.64. The average Bonchev–Trinajstić information content (AvgIpc) is 3.15. The van der Waals surface area contributed by atoms with E-state index in [4.69, 9.17) is 5.73 Å². The van der Waals surface area contributed by atoms with Crippen molar-refractivity contribution in [2.45, 2.75) is 19.4 Å². The van der Waals surface area contributed by atoms with Crippen LogP contribution in [0.2, 0.25) is 0 Å². The Morgan fingerprint density at radius 2 is 2.12 bits per heavy atom. The molecule has 1 fully saturated rings. The summed E-state index contributed by atoms with van der Waals surface area (Å²) in [7, 11) is -3.19. The van der Waals surface area contributed by atoms with Gasteiger partial charge in [-0.05, 0) is 13.3 Å². The summed E-state index contributed by atoms with van der Waals surface area (Å²) in [6, 6.07) is 1.69. The molecule has 0 aromatic carbocycles. The molecule has 0 saturated carbocycles. The topological polar surface area (TPSA) is 143 Å². The van der Waals surface area contributed by atoms with Crippen molar-refractivity contribution < 1.29 is 13.2 Å². The molecule has 1 atom stereocenters. The zero-order valence-electron chi connectivity index (χ0n) is 14.3. The fourth-order valence-corrected chi connectivity index (χ4v) is 4.18. The second-order valence-corrected chi connectivity index (χ2v) is 8.97. The van der Waals surface area contributed by atoms with Crippen molar-refractivity contribution in [3.8, 4) is 0 Å². The van der Waals surface area contributed by atoms with Gasteiger partial charge in [-0.1, -0.05) is 11.3 Å². The third kappa shape index (κ3) is 4.45. The number of rotatable bonds is 6. The summed E-state index contributed by atoms with van der Waals surface area (Å²) >= 11 is 1.13. The van der Waals surface area contributed by atoms with Crippen LogP contribution >= 0.6 is 11.3 Å². The number of nitrogens with zero attached hydrogens (tertiary/aromatic N) is 4. The lowest BCUT2D eigenvalue weighted by molar-refractivity contribution is 0.100. The number of nitrogens with one attached hydrogen (secondary N) is 2. The Hall–Kier alpha value is -2.31. The Morgan fingerprint density at radius 3 is 2.73 bits per heavy atom. The number of anilines is 3. The zero-order chi connectivity index (χ0) is 18.9. The van der Waals surface area contributed by atoms with Gasteiger partial charge < -0.3 is 16.4 Å². The van der Waals surface area contributed by atoms with Crippen molar-refractivity contribution in [3.63, 3.8) is 0 Å². The maximum atomic E-state index is 11.6. The van der Waals surface area contributed by atoms with E-state index >= 15 is 0 Å². The first kappa shape index (κ1) is 18.5. The van der Waals surface area contributed by atoms with E-state index in [1.165, 1.54) is 16.8 Å². The van der Waals surface area contributed by atoms with Gasteiger partial charge in [0, 0.05) is 25.2 Å². The first-order valence-corrected chi connectivity index (χ1v) is 10.5. The Balaban J connectivity index is 1.70. The van der Waals surface area contributed by atoms with Gasteiger partial charge in [-0.15, -0.1) is 0 Å². The number of nitrogens with two attached hydrogens (primary N) is 1. The van der Waals surface area contributed by atoms with Crippen LogP contribution < -0.4 is 16.4 Å². The van der Waals surface area contributed by atoms with Crippen LogP contribution in [0.5, 0.6) is 0 Å². The average molecular weight is 397 g/mol. The number of hydrogen-bond acceptors (Lipinski definition) is 9. The fraction of sp³-hybridized carbons (Fsp3) is 0.429. The molecule has 3 rings (SSSR count). The molecule has 0 bridgehead atoms. The number of aryl methyl sites for hydroxylation is 1. The SMILES string of the molecule is Cc1nc(Nc2ncc(C(N)=O)s2)cc(NC2CCN(S(C)(=O)=O)C2)n1. The van der Waals surface area contributed by atoms with Gasteiger partial charge in [0.1, 0.15) is 22.3 Å². The number of amides is 1. The van der Waals surface area contributed by atoms with Crippen molar-refractivity contribution in [2.75, 3.05) is 30.0 Å². The lowest BCUT2D eigenvalue weighted by Gasteiger charge is -2.16. The van der Waals surface area contributed by atoms with Crippen molar-refractivity contribution in [1.82, 2.24) is 19.3 Å². The highest BCUT2D eigenvalue weighted by atomic mass is 32.2. The van der Waals surface area contributed by atoms with Crippen LogP contribution in [0, 0.1) is 6.92 Å². The molecule has 3 heterocycles. The molecule has 1 saturated heterocycles. The molecule has 26 heavy (non-hydrogen) atoms. The molecule has 1 amide bonds. The number of sulfonamides is 1. The summed E-state index contributed by atoms with van der Waals surface area (Å²) < 4.78 is 24.7. The van der Waals surface area contributed by atoms with Crippen LogP contribution in [-0.4, -0.2) is 59.0 Å². The van der Waals surface area contributed by atoms with Crippen LogP contribution in [0.3, 0.4) is 0 Å². The number of thiazole rings is 1. The molecule has 140 valence electrons. The minimum atomic E-state index is -3.19. The minimum Gasteiger partial charge on any atom is -0.366 e. The maximum Gasteiger partial charge on any atom is 0.260 e. The van der Waals surface area contributed by atoms with Crippen LogP contribution in [0.15, 0.2) is 12.3 Å². The third-order valence-corrected chi connectivity index (χ3v) is 5.99. The summed E-state index contributed by atoms with van der Waals surface area (Å²) in [5.74, 6) is 1.12. The lowest BCUT2D eigenvalue weighted by Crippen LogP contribution is -2.30. The van der Waals surface area contributed by atoms with E-state index in [9.17, 15) is 13.2 Å². The first-order valence-electron chi connectivity index (χ1n) is 7.81. The van der Waals surface area contributed by atoms with Crippen molar-refractivity contribution >= 4 is 44.0 Å². The first-order chi connectivity index (χ1) is 12.2. The molecule has 1 aliphatic rings. The second-order valence-electron chi connectivity index (χ2n) is 5.96. The Bertz CT molecular complexity index is 928. The van der Waals surface area contributed by atoms with E-state index in [-0.39, 0.29) is 6.04 Å². The van der Waals surface area contributed by atoms with E-state index in [0.717, 1.165) is 11.3 Å². The number of carbonyl (C=O) groups excluding carboxylic acids is 1. The monoisotopic (exact) mass is 397 g/mol. The van der Waals surface area contributed by atoms with Gasteiger partial charge in [-0.3, -0.25) is 4.79 Å². The highest BCUT2D eigenvalue weighted by Gasteiger charge is 2.28. The predicted molar refractivity (Wildman–Crippen MR) is 99.1 cm³/mol. The number of primary amides is 1. The quantitative estimate of drug-likeness (QED) is 0.640. The van der Waals surface area contributed by atoms with Gasteiger partial charge in [0.2, 0.25) is 10.0 Å². The summed E-state index contributed by atoms with van der Waals surface area (Å²) in [5.41, 5.74) is 5.22. The van der Waals surface area contributed by atoms with Crippen molar-refractivity contribution in [2.24, 2.45) is 5.73 Å². The minimum absolute atomic E-state index is 0.0202. The van der Waals surface area contributed by atoms with Crippen LogP contribution in [0.25, 0.3) is 0 Å². The molecule has 0 spiro atoms. The molecule has 0 radical (unpaired) electrons. The summed E-state index contributed by atoms with van der Waals surface area (Å²) in [5, 5.41) is 6.76. The number of carbonyl (C=O) groups is 1. The molecular formula is C14H19N7O3S2. The smallest absolute Gasteiger partial charge is 0.260 e. The molecular weight excluding hydrogens is 378 g/mol. The normalized spacial score (nSPS) is 18.0. The van der Waals surface area contributed by atoms with E-state index in [1.54, 1.807) is 13.0 Å². The third-order valence-electron chi connectivity index (χ3n) is 3.79. The lowest BCUT2D eigenvalue weighted by atomic mass is 10.2. The zero-order valence-corrected chi connectivity index (χ0v) is 15.9. The molecule has 2 aromatic heterocycles. The van der Waals surface area contributed by atoms with E-state index in [1.807, 2.05) is 0 Å². The fourth-order valence-electron chi connectivity index (χ4n) is 2.62. The summed E-state index contributed by atoms with van der Waals surface area (Å²) in [4.78, 5) is 24.2. The van der Waals surface area contributed by atoms with Crippen molar-refractivity contribution in [1.29, 1.82) is 0 Å². The van der Waals surface area contributed by atoms with E-state index in [2.05, 4.69) is 25.6 Å². The number of hydrogen-bond donors (Lipinski definition) is 3. The van der Waals surface area contributed by atoms with Gasteiger partial charge in [-0.2, -0.15) is 0 Å². The Labute approximate surface area is 154 Å². The van der Waals surface area contributed by atoms with Crippen LogP contribution in [-0.2, 0) is 10.0 Å². The van der Waals surface area contributed by atoms with E-state index < -0.39 is 15.9 Å². The Morgan fingerprint density at radius 1 is 1.38 bits per heavy atom. The molecule has 1 aliphatic heterocycles. The molecule has 2 aromatic rings. The molecule has 4 N–H and O–H groups in total. The highest BCUT2D eigenvalue weighted by molar-refractivity contribution is 7.88. The summed E-state index contributed by atoms with van der Waals surface area (Å²) in [6.07, 6.45) is 3.31. The Kier molecular flexibility index (Phi) is 5.07. The largest absolute Gasteiger partial charge is 0.366 e. The van der Waals surface area contributed by atoms with Gasteiger partial charge in [0.15, 0.2) is 5.13 Å². The standard InChI is InChI=1S/C14H19N7O3S2/c1-8-17-11(19-9-3-4-21(7-9)26(2,23)24)5-12(18-8)20-14-16-6-10(25-14)13(15)22/h5-6,9H,3-4,7H2,1-2H3,(H2,15,22)(H2,16,17,18,19,20). The van der Waals surface area contributed by atoms with Crippen LogP contribution in [0.1, 0.15) is 21.9 Å². The number of aromatic nitrogens is 3. The predicted octanol–water partition coefficient (Wildman–Crippen LogP) is 0.530. The van der Waals surface area contributed by atoms with Gasteiger partial charge >= 0.3 is 0 Å². The second kappa shape index (κ2) is 7.13. The van der Waals surface area contributed by atoms with Gasteiger partial charge in [0.05, 0.1) is 12.5 Å². The molecule has 1 unspecified atom stereocenters. The maximum absolute atomic E-state index is 11.6. The highest BCUT2D eigenvalue weighted by Crippen LogP contribution is 2.23. The van der Waals surface area contributed by atoms with Crippen LogP contribution in [0.4, 0.5) is 16.8 Å².